The molecule has 1 N–H and O–H groups in total. The first-order chi connectivity index (χ1) is 9.52. The van der Waals surface area contributed by atoms with E-state index in [1.807, 2.05) is 24.1 Å². The number of rotatable bonds is 6. The Morgan fingerprint density at radius 3 is 2.75 bits per heavy atom. The van der Waals surface area contributed by atoms with E-state index in [0.717, 1.165) is 32.7 Å². The third kappa shape index (κ3) is 3.70. The third-order valence-electron chi connectivity index (χ3n) is 3.91. The maximum atomic E-state index is 13.9. The molecule has 1 heterocycles. The molecule has 0 saturated carbocycles. The van der Waals surface area contributed by atoms with E-state index in [1.165, 1.54) is 6.07 Å². The summed E-state index contributed by atoms with van der Waals surface area (Å²) in [6.07, 6.45) is 1.02. The fourth-order valence-electron chi connectivity index (χ4n) is 2.74. The molecule has 0 aliphatic carbocycles. The average molecular weight is 280 g/mol. The monoisotopic (exact) mass is 280 g/mol. The van der Waals surface area contributed by atoms with Gasteiger partial charge in [0.25, 0.3) is 0 Å². The molecule has 4 heteroatoms. The largest absolute Gasteiger partial charge is 0.381 e. The van der Waals surface area contributed by atoms with Crippen molar-refractivity contribution in [1.82, 2.24) is 5.32 Å². The van der Waals surface area contributed by atoms with Gasteiger partial charge >= 0.3 is 0 Å². The molecule has 1 atom stereocenters. The smallest absolute Gasteiger partial charge is 0.146 e. The van der Waals surface area contributed by atoms with Crippen LogP contribution in [-0.2, 0) is 4.74 Å². The van der Waals surface area contributed by atoms with Gasteiger partial charge in [0.05, 0.1) is 12.3 Å². The van der Waals surface area contributed by atoms with Gasteiger partial charge in [-0.2, -0.15) is 0 Å². The molecule has 1 aromatic rings. The van der Waals surface area contributed by atoms with Crippen molar-refractivity contribution in [2.45, 2.75) is 26.3 Å². The van der Waals surface area contributed by atoms with Crippen molar-refractivity contribution in [2.75, 3.05) is 38.3 Å². The van der Waals surface area contributed by atoms with Crippen LogP contribution in [0.2, 0.25) is 0 Å². The van der Waals surface area contributed by atoms with Crippen molar-refractivity contribution in [3.05, 3.63) is 30.1 Å². The Morgan fingerprint density at radius 2 is 2.15 bits per heavy atom. The fraction of sp³-hybridized carbons (Fsp3) is 0.625. The van der Waals surface area contributed by atoms with Crippen LogP contribution in [0.5, 0.6) is 0 Å². The molecule has 0 radical (unpaired) electrons. The highest BCUT2D eigenvalue weighted by atomic mass is 19.1. The molecule has 0 bridgehead atoms. The van der Waals surface area contributed by atoms with Gasteiger partial charge in [0, 0.05) is 38.2 Å². The van der Waals surface area contributed by atoms with Crippen molar-refractivity contribution in [3.8, 4) is 0 Å². The lowest BCUT2D eigenvalue weighted by atomic mass is 9.86. The van der Waals surface area contributed by atoms with Crippen LogP contribution >= 0.6 is 0 Å². The predicted octanol–water partition coefficient (Wildman–Crippen LogP) is 2.67. The number of hydrogen-bond donors (Lipinski definition) is 1. The van der Waals surface area contributed by atoms with Crippen LogP contribution in [0.15, 0.2) is 24.3 Å². The number of benzene rings is 1. The van der Waals surface area contributed by atoms with Crippen LogP contribution < -0.4 is 10.2 Å². The zero-order valence-electron chi connectivity index (χ0n) is 12.7. The minimum Gasteiger partial charge on any atom is -0.381 e. The fourth-order valence-corrected chi connectivity index (χ4v) is 2.74. The summed E-state index contributed by atoms with van der Waals surface area (Å²) in [5.74, 6) is -0.166. The summed E-state index contributed by atoms with van der Waals surface area (Å²) in [5, 5.41) is 3.50. The normalized spacial score (nSPS) is 22.4. The van der Waals surface area contributed by atoms with Gasteiger partial charge in [0.1, 0.15) is 5.82 Å². The van der Waals surface area contributed by atoms with Gasteiger partial charge in [0.15, 0.2) is 0 Å². The van der Waals surface area contributed by atoms with Crippen molar-refractivity contribution >= 4 is 5.69 Å². The quantitative estimate of drug-likeness (QED) is 0.867. The summed E-state index contributed by atoms with van der Waals surface area (Å²) in [6.45, 7) is 7.53. The molecule has 112 valence electrons. The van der Waals surface area contributed by atoms with Gasteiger partial charge in [-0.25, -0.2) is 4.39 Å². The first-order valence-corrected chi connectivity index (χ1v) is 7.29. The van der Waals surface area contributed by atoms with Crippen molar-refractivity contribution < 1.29 is 9.13 Å². The van der Waals surface area contributed by atoms with E-state index in [4.69, 9.17) is 4.74 Å². The summed E-state index contributed by atoms with van der Waals surface area (Å²) < 4.78 is 19.5. The van der Waals surface area contributed by atoms with Crippen LogP contribution in [0.1, 0.15) is 20.3 Å². The van der Waals surface area contributed by atoms with E-state index in [0.29, 0.717) is 11.7 Å². The Labute approximate surface area is 121 Å². The van der Waals surface area contributed by atoms with Crippen molar-refractivity contribution in [1.29, 1.82) is 0 Å². The van der Waals surface area contributed by atoms with Gasteiger partial charge in [-0.15, -0.1) is 0 Å². The first-order valence-electron chi connectivity index (χ1n) is 7.29. The lowest BCUT2D eigenvalue weighted by Crippen LogP contribution is -2.45. The van der Waals surface area contributed by atoms with Gasteiger partial charge in [-0.1, -0.05) is 26.0 Å². The van der Waals surface area contributed by atoms with E-state index < -0.39 is 0 Å². The molecule has 20 heavy (non-hydrogen) atoms. The number of nitrogens with zero attached hydrogens (tertiary/aromatic N) is 1. The van der Waals surface area contributed by atoms with Crippen LogP contribution in [0, 0.1) is 11.2 Å². The molecule has 1 unspecified atom stereocenters. The minimum absolute atomic E-state index is 0.0707. The van der Waals surface area contributed by atoms with Crippen molar-refractivity contribution in [2.24, 2.45) is 5.41 Å². The highest BCUT2D eigenvalue weighted by Crippen LogP contribution is 2.31. The first kappa shape index (κ1) is 15.3. The van der Waals surface area contributed by atoms with E-state index in [1.54, 1.807) is 6.07 Å². The standard InChI is InChI=1S/C16H25FN2O/c1-13(2)18-10-16(8-9-20-12-16)11-19(3)15-7-5-4-6-14(15)17/h4-7,13,18H,8-12H2,1-3H3. The van der Waals surface area contributed by atoms with Crippen LogP contribution in [0.3, 0.4) is 0 Å². The molecule has 0 amide bonds. The molecule has 0 spiro atoms. The molecule has 1 saturated heterocycles. The molecule has 1 aliphatic rings. The summed E-state index contributed by atoms with van der Waals surface area (Å²) in [4.78, 5) is 2.01. The highest BCUT2D eigenvalue weighted by Gasteiger charge is 2.36. The zero-order valence-corrected chi connectivity index (χ0v) is 12.7. The Bertz CT molecular complexity index is 430. The Hall–Kier alpha value is -1.13. The maximum Gasteiger partial charge on any atom is 0.146 e. The van der Waals surface area contributed by atoms with Gasteiger partial charge in [-0.3, -0.25) is 0 Å². The molecule has 1 aliphatic heterocycles. The predicted molar refractivity (Wildman–Crippen MR) is 80.7 cm³/mol. The van der Waals surface area contributed by atoms with Gasteiger partial charge < -0.3 is 15.0 Å². The lowest BCUT2D eigenvalue weighted by Gasteiger charge is -2.34. The topological polar surface area (TPSA) is 24.5 Å². The van der Waals surface area contributed by atoms with E-state index in [2.05, 4.69) is 19.2 Å². The second kappa shape index (κ2) is 6.55. The Morgan fingerprint density at radius 1 is 1.40 bits per heavy atom. The summed E-state index contributed by atoms with van der Waals surface area (Å²) >= 11 is 0. The number of nitrogens with one attached hydrogen (secondary N) is 1. The Kier molecular flexibility index (Phi) is 5.00. The van der Waals surface area contributed by atoms with Gasteiger partial charge in [-0.05, 0) is 18.6 Å². The van der Waals surface area contributed by atoms with E-state index in [9.17, 15) is 4.39 Å². The molecule has 1 aromatic carbocycles. The van der Waals surface area contributed by atoms with Crippen LogP contribution in [0.25, 0.3) is 0 Å². The zero-order chi connectivity index (χ0) is 14.6. The second-order valence-electron chi connectivity index (χ2n) is 6.15. The third-order valence-corrected chi connectivity index (χ3v) is 3.91. The number of anilines is 1. The maximum absolute atomic E-state index is 13.9. The average Bonchev–Trinajstić information content (AvgIpc) is 2.86. The number of para-hydroxylation sites is 1. The Balaban J connectivity index is 2.06. The molecule has 0 aromatic heterocycles. The lowest BCUT2D eigenvalue weighted by molar-refractivity contribution is 0.151. The molecular weight excluding hydrogens is 255 g/mol. The summed E-state index contributed by atoms with van der Waals surface area (Å²) in [6, 6.07) is 7.39. The van der Waals surface area contributed by atoms with Crippen LogP contribution in [-0.4, -0.2) is 39.4 Å². The van der Waals surface area contributed by atoms with Crippen molar-refractivity contribution in [3.63, 3.8) is 0 Å². The van der Waals surface area contributed by atoms with Crippen LogP contribution in [0.4, 0.5) is 10.1 Å². The van der Waals surface area contributed by atoms with Gasteiger partial charge in [0.2, 0.25) is 0 Å². The molecular formula is C16H25FN2O. The summed E-state index contributed by atoms with van der Waals surface area (Å²) in [7, 11) is 1.95. The minimum atomic E-state index is -0.166. The summed E-state index contributed by atoms with van der Waals surface area (Å²) in [5.41, 5.74) is 0.727. The molecule has 1 fully saturated rings. The van der Waals surface area contributed by atoms with E-state index >= 15 is 0 Å². The molecule has 2 rings (SSSR count). The highest BCUT2D eigenvalue weighted by molar-refractivity contribution is 5.47. The SMILES string of the molecule is CC(C)NCC1(CN(C)c2ccccc2F)CCOC1. The number of hydrogen-bond acceptors (Lipinski definition) is 3. The molecule has 3 nitrogen and oxygen atoms in total. The second-order valence-corrected chi connectivity index (χ2v) is 6.15. The number of halogens is 1. The van der Waals surface area contributed by atoms with E-state index in [-0.39, 0.29) is 11.2 Å². The number of ether oxygens (including phenoxy) is 1.